The number of ether oxygens (including phenoxy) is 3. The number of nitrogens with zero attached hydrogens (tertiary/aromatic N) is 1. The van der Waals surface area contributed by atoms with Crippen LogP contribution in [-0.4, -0.2) is 66.4 Å². The average Bonchev–Trinajstić information content (AvgIpc) is 2.59. The molecule has 24 heavy (non-hydrogen) atoms. The lowest BCUT2D eigenvalue weighted by Crippen LogP contribution is -2.47. The fourth-order valence-corrected chi connectivity index (χ4v) is 3.69. The fraction of sp³-hybridized carbons (Fsp3) is 0.600. The van der Waals surface area contributed by atoms with Crippen LogP contribution in [0.4, 0.5) is 4.39 Å². The molecule has 0 spiro atoms. The van der Waals surface area contributed by atoms with Crippen molar-refractivity contribution in [2.45, 2.75) is 17.9 Å². The van der Waals surface area contributed by atoms with Crippen LogP contribution >= 0.6 is 0 Å². The number of nitrogens with one attached hydrogen (secondary N) is 1. The van der Waals surface area contributed by atoms with E-state index in [9.17, 15) is 12.8 Å². The molecule has 1 atom stereocenters. The summed E-state index contributed by atoms with van der Waals surface area (Å²) in [7, 11) is -1.28. The second kappa shape index (κ2) is 8.11. The number of morpholine rings is 1. The van der Waals surface area contributed by atoms with Gasteiger partial charge in [0, 0.05) is 37.8 Å². The lowest BCUT2D eigenvalue weighted by molar-refractivity contribution is 0.0213. The summed E-state index contributed by atoms with van der Waals surface area (Å²) in [6, 6.07) is 2.10. The Balaban J connectivity index is 2.12. The highest BCUT2D eigenvalue weighted by Crippen LogP contribution is 2.31. The van der Waals surface area contributed by atoms with E-state index in [0.29, 0.717) is 13.2 Å². The first-order valence-electron chi connectivity index (χ1n) is 7.62. The van der Waals surface area contributed by atoms with Crippen molar-refractivity contribution in [1.29, 1.82) is 0 Å². The Morgan fingerprint density at radius 1 is 1.25 bits per heavy atom. The van der Waals surface area contributed by atoms with Gasteiger partial charge in [-0.3, -0.25) is 4.90 Å². The van der Waals surface area contributed by atoms with Gasteiger partial charge in [0.2, 0.25) is 10.0 Å². The molecule has 1 aromatic carbocycles. The molecule has 0 radical (unpaired) electrons. The van der Waals surface area contributed by atoms with Crippen LogP contribution in [-0.2, 0) is 14.8 Å². The van der Waals surface area contributed by atoms with E-state index < -0.39 is 20.7 Å². The Morgan fingerprint density at radius 2 is 1.83 bits per heavy atom. The molecule has 1 aliphatic heterocycles. The van der Waals surface area contributed by atoms with Gasteiger partial charge in [-0.15, -0.1) is 0 Å². The predicted octanol–water partition coefficient (Wildman–Crippen LogP) is 0.842. The van der Waals surface area contributed by atoms with Crippen molar-refractivity contribution in [2.24, 2.45) is 0 Å². The number of hydrogen-bond acceptors (Lipinski definition) is 6. The van der Waals surface area contributed by atoms with Gasteiger partial charge >= 0.3 is 0 Å². The molecule has 1 aliphatic rings. The number of halogens is 1. The van der Waals surface area contributed by atoms with Crippen molar-refractivity contribution in [3.05, 3.63) is 17.9 Å². The van der Waals surface area contributed by atoms with E-state index in [2.05, 4.69) is 9.62 Å². The molecule has 1 fully saturated rings. The zero-order chi connectivity index (χ0) is 17.7. The molecule has 0 bridgehead atoms. The maximum absolute atomic E-state index is 14.1. The highest BCUT2D eigenvalue weighted by Gasteiger charge is 2.24. The van der Waals surface area contributed by atoms with E-state index in [1.54, 1.807) is 0 Å². The quantitative estimate of drug-likeness (QED) is 0.775. The molecule has 136 valence electrons. The largest absolute Gasteiger partial charge is 0.493 e. The monoisotopic (exact) mass is 362 g/mol. The Labute approximate surface area is 141 Å². The number of benzene rings is 1. The lowest BCUT2D eigenvalue weighted by Gasteiger charge is -2.32. The van der Waals surface area contributed by atoms with Gasteiger partial charge in [-0.1, -0.05) is 0 Å². The average molecular weight is 362 g/mol. The van der Waals surface area contributed by atoms with Crippen LogP contribution in [0.25, 0.3) is 0 Å². The third-order valence-electron chi connectivity index (χ3n) is 3.97. The molecule has 1 aromatic rings. The van der Waals surface area contributed by atoms with E-state index in [4.69, 9.17) is 14.2 Å². The fourth-order valence-electron chi connectivity index (χ4n) is 2.50. The summed E-state index contributed by atoms with van der Waals surface area (Å²) >= 11 is 0. The predicted molar refractivity (Wildman–Crippen MR) is 86.5 cm³/mol. The van der Waals surface area contributed by atoms with Gasteiger partial charge in [0.15, 0.2) is 11.5 Å². The summed E-state index contributed by atoms with van der Waals surface area (Å²) in [5, 5.41) is 0. The van der Waals surface area contributed by atoms with Gasteiger partial charge in [0.1, 0.15) is 10.7 Å². The van der Waals surface area contributed by atoms with Gasteiger partial charge < -0.3 is 14.2 Å². The van der Waals surface area contributed by atoms with Gasteiger partial charge in [0.25, 0.3) is 0 Å². The molecule has 1 unspecified atom stereocenters. The summed E-state index contributed by atoms with van der Waals surface area (Å²) in [4.78, 5) is 1.66. The van der Waals surface area contributed by atoms with E-state index >= 15 is 0 Å². The summed E-state index contributed by atoms with van der Waals surface area (Å²) in [5.74, 6) is -0.602. The van der Waals surface area contributed by atoms with Crippen molar-refractivity contribution >= 4 is 10.0 Å². The van der Waals surface area contributed by atoms with Crippen LogP contribution in [0.15, 0.2) is 17.0 Å². The summed E-state index contributed by atoms with van der Waals surface area (Å²) in [5.41, 5.74) is 0. The second-order valence-electron chi connectivity index (χ2n) is 5.49. The molecule has 0 amide bonds. The van der Waals surface area contributed by atoms with Crippen molar-refractivity contribution < 1.29 is 27.0 Å². The minimum atomic E-state index is -4.00. The third-order valence-corrected chi connectivity index (χ3v) is 5.40. The highest BCUT2D eigenvalue weighted by atomic mass is 32.2. The van der Waals surface area contributed by atoms with Crippen LogP contribution in [0.1, 0.15) is 6.92 Å². The normalized spacial score (nSPS) is 17.5. The van der Waals surface area contributed by atoms with Gasteiger partial charge in [0.05, 0.1) is 27.4 Å². The SMILES string of the molecule is COc1cc(F)c(S(=O)(=O)NCC(C)N2CCOCC2)cc1OC. The van der Waals surface area contributed by atoms with E-state index in [1.807, 2.05) is 6.92 Å². The maximum Gasteiger partial charge on any atom is 0.243 e. The van der Waals surface area contributed by atoms with Crippen molar-refractivity contribution in [3.8, 4) is 11.5 Å². The summed E-state index contributed by atoms with van der Waals surface area (Å²) < 4.78 is 56.7. The van der Waals surface area contributed by atoms with E-state index in [0.717, 1.165) is 25.2 Å². The molecule has 7 nitrogen and oxygen atoms in total. The van der Waals surface area contributed by atoms with E-state index in [1.165, 1.54) is 14.2 Å². The molecular weight excluding hydrogens is 339 g/mol. The van der Waals surface area contributed by atoms with Gasteiger partial charge in [-0.25, -0.2) is 17.5 Å². The first-order valence-corrected chi connectivity index (χ1v) is 9.10. The summed E-state index contributed by atoms with van der Waals surface area (Å²) in [6.07, 6.45) is 0. The van der Waals surface area contributed by atoms with Crippen LogP contribution in [0.5, 0.6) is 11.5 Å². The zero-order valence-corrected chi connectivity index (χ0v) is 14.9. The smallest absolute Gasteiger partial charge is 0.243 e. The van der Waals surface area contributed by atoms with Crippen LogP contribution in [0.3, 0.4) is 0 Å². The molecular formula is C15H23FN2O5S. The summed E-state index contributed by atoms with van der Waals surface area (Å²) in [6.45, 7) is 4.83. The Morgan fingerprint density at radius 3 is 2.42 bits per heavy atom. The van der Waals surface area contributed by atoms with Crippen LogP contribution < -0.4 is 14.2 Å². The molecule has 0 saturated carbocycles. The molecule has 1 saturated heterocycles. The maximum atomic E-state index is 14.1. The van der Waals surface area contributed by atoms with Crippen LogP contribution in [0, 0.1) is 5.82 Å². The number of sulfonamides is 1. The first kappa shape index (κ1) is 18.9. The third kappa shape index (κ3) is 4.35. The van der Waals surface area contributed by atoms with Crippen molar-refractivity contribution in [3.63, 3.8) is 0 Å². The lowest BCUT2D eigenvalue weighted by atomic mass is 10.2. The Hall–Kier alpha value is -1.42. The molecule has 0 aromatic heterocycles. The first-order chi connectivity index (χ1) is 11.4. The topological polar surface area (TPSA) is 77.1 Å². The standard InChI is InChI=1S/C15H23FN2O5S/c1-11(18-4-6-23-7-5-18)10-17-24(19,20)15-9-14(22-3)13(21-2)8-12(15)16/h8-9,11,17H,4-7,10H2,1-3H3. The van der Waals surface area contributed by atoms with Gasteiger partial charge in [-0.2, -0.15) is 0 Å². The van der Waals surface area contributed by atoms with Crippen molar-refractivity contribution in [2.75, 3.05) is 47.1 Å². The molecule has 1 heterocycles. The Bertz CT molecular complexity index is 662. The number of hydrogen-bond donors (Lipinski definition) is 1. The molecule has 0 aliphatic carbocycles. The van der Waals surface area contributed by atoms with Crippen LogP contribution in [0.2, 0.25) is 0 Å². The zero-order valence-electron chi connectivity index (χ0n) is 14.0. The number of methoxy groups -OCH3 is 2. The van der Waals surface area contributed by atoms with Crippen molar-refractivity contribution in [1.82, 2.24) is 9.62 Å². The Kier molecular flexibility index (Phi) is 6.39. The van der Waals surface area contributed by atoms with Gasteiger partial charge in [-0.05, 0) is 6.92 Å². The minimum Gasteiger partial charge on any atom is -0.493 e. The highest BCUT2D eigenvalue weighted by molar-refractivity contribution is 7.89. The minimum absolute atomic E-state index is 0.0214. The van der Waals surface area contributed by atoms with E-state index in [-0.39, 0.29) is 24.1 Å². The molecule has 9 heteroatoms. The molecule has 1 N–H and O–H groups in total. The number of rotatable bonds is 7. The second-order valence-corrected chi connectivity index (χ2v) is 7.22. The molecule has 2 rings (SSSR count).